The Morgan fingerprint density at radius 2 is 1.85 bits per heavy atom. The molecule has 2 N–H and O–H groups in total. The number of halogens is 3. The predicted octanol–water partition coefficient (Wildman–Crippen LogP) is 3.93. The molecule has 0 saturated heterocycles. The average molecular weight is 297 g/mol. The number of hydrogen-bond acceptors (Lipinski definition) is 2. The van der Waals surface area contributed by atoms with Crippen LogP contribution >= 0.6 is 11.3 Å². The molecule has 104 valence electrons. The largest absolute Gasteiger partial charge is 0.417 e. The lowest BCUT2D eigenvalue weighted by molar-refractivity contribution is -0.137. The van der Waals surface area contributed by atoms with E-state index in [1.165, 1.54) is 24.3 Å². The number of nitrogens with two attached hydrogens (primary N) is 1. The summed E-state index contributed by atoms with van der Waals surface area (Å²) in [6.07, 6.45) is -1.75. The van der Waals surface area contributed by atoms with Crippen molar-refractivity contribution in [3.63, 3.8) is 0 Å². The molecule has 2 aromatic rings. The van der Waals surface area contributed by atoms with E-state index in [4.69, 9.17) is 5.73 Å². The van der Waals surface area contributed by atoms with Gasteiger partial charge in [0, 0.05) is 21.4 Å². The van der Waals surface area contributed by atoms with Gasteiger partial charge in [0.15, 0.2) is 0 Å². The molecule has 0 radical (unpaired) electrons. The number of benzene rings is 1. The number of alkyl halides is 3. The Balaban J connectivity index is 2.41. The van der Waals surface area contributed by atoms with Crippen molar-refractivity contribution in [1.82, 2.24) is 0 Å². The van der Waals surface area contributed by atoms with Crippen LogP contribution in [0.25, 0.3) is 16.5 Å². The summed E-state index contributed by atoms with van der Waals surface area (Å²) in [5, 5.41) is 0. The highest BCUT2D eigenvalue weighted by atomic mass is 32.1. The molecular weight excluding hydrogens is 287 g/mol. The first-order chi connectivity index (χ1) is 9.38. The second-order valence-electron chi connectivity index (χ2n) is 3.98. The Labute approximate surface area is 117 Å². The molecule has 1 aromatic heterocycles. The fraction of sp³-hybridized carbons (Fsp3) is 0.0714. The highest BCUT2D eigenvalue weighted by molar-refractivity contribution is 7.16. The third kappa shape index (κ3) is 3.27. The smallest absolute Gasteiger partial charge is 0.366 e. The summed E-state index contributed by atoms with van der Waals surface area (Å²) in [6.45, 7) is 0. The summed E-state index contributed by atoms with van der Waals surface area (Å²) in [7, 11) is 0. The Hall–Kier alpha value is -2.08. The molecule has 0 unspecified atom stereocenters. The highest BCUT2D eigenvalue weighted by Gasteiger charge is 2.33. The number of amides is 1. The summed E-state index contributed by atoms with van der Waals surface area (Å²) in [6, 6.07) is 8.63. The molecule has 1 heterocycles. The molecule has 0 aliphatic rings. The topological polar surface area (TPSA) is 43.1 Å². The molecule has 0 aliphatic heterocycles. The van der Waals surface area contributed by atoms with Gasteiger partial charge in [0.2, 0.25) is 5.91 Å². The standard InChI is InChI=1S/C14H10F3NOS/c15-14(16,17)11-4-2-1-3-10(11)12-7-5-9(20-12)6-8-13(18)19/h1-8H,(H2,18,19)/b8-6+. The Morgan fingerprint density at radius 1 is 1.15 bits per heavy atom. The predicted molar refractivity (Wildman–Crippen MR) is 73.0 cm³/mol. The van der Waals surface area contributed by atoms with Gasteiger partial charge in [0.05, 0.1) is 5.56 Å². The monoisotopic (exact) mass is 297 g/mol. The minimum atomic E-state index is -4.40. The van der Waals surface area contributed by atoms with Gasteiger partial charge in [-0.05, 0) is 24.3 Å². The summed E-state index contributed by atoms with van der Waals surface area (Å²) < 4.78 is 38.8. The summed E-state index contributed by atoms with van der Waals surface area (Å²) in [5.41, 5.74) is 4.42. The number of rotatable bonds is 3. The Kier molecular flexibility index (Phi) is 3.94. The van der Waals surface area contributed by atoms with E-state index < -0.39 is 17.6 Å². The van der Waals surface area contributed by atoms with Gasteiger partial charge in [-0.15, -0.1) is 11.3 Å². The van der Waals surface area contributed by atoms with Crippen LogP contribution in [0, 0.1) is 0 Å². The minimum absolute atomic E-state index is 0.128. The molecular formula is C14H10F3NOS. The first-order valence-corrected chi connectivity index (χ1v) is 6.43. The lowest BCUT2D eigenvalue weighted by Gasteiger charge is -2.10. The van der Waals surface area contributed by atoms with Crippen LogP contribution in [-0.4, -0.2) is 5.91 Å². The first kappa shape index (κ1) is 14.3. The van der Waals surface area contributed by atoms with Crippen molar-refractivity contribution >= 4 is 23.3 Å². The van der Waals surface area contributed by atoms with E-state index in [0.29, 0.717) is 9.75 Å². The maximum atomic E-state index is 12.9. The molecule has 0 aliphatic carbocycles. The summed E-state index contributed by atoms with van der Waals surface area (Å²) in [4.78, 5) is 11.8. The van der Waals surface area contributed by atoms with Crippen molar-refractivity contribution in [3.8, 4) is 10.4 Å². The van der Waals surface area contributed by atoms with Gasteiger partial charge in [-0.3, -0.25) is 4.79 Å². The summed E-state index contributed by atoms with van der Waals surface area (Å²) in [5.74, 6) is -0.601. The summed E-state index contributed by atoms with van der Waals surface area (Å²) >= 11 is 1.16. The highest BCUT2D eigenvalue weighted by Crippen LogP contribution is 2.39. The lowest BCUT2D eigenvalue weighted by Crippen LogP contribution is -2.06. The lowest BCUT2D eigenvalue weighted by atomic mass is 10.1. The second kappa shape index (κ2) is 5.50. The number of hydrogen-bond donors (Lipinski definition) is 1. The zero-order chi connectivity index (χ0) is 14.8. The number of carbonyl (C=O) groups excluding carboxylic acids is 1. The van der Waals surface area contributed by atoms with Gasteiger partial charge < -0.3 is 5.73 Å². The van der Waals surface area contributed by atoms with Crippen LogP contribution in [-0.2, 0) is 11.0 Å². The quantitative estimate of drug-likeness (QED) is 0.857. The van der Waals surface area contributed by atoms with Crippen LogP contribution in [0.3, 0.4) is 0 Å². The normalized spacial score (nSPS) is 11.9. The van der Waals surface area contributed by atoms with Crippen molar-refractivity contribution in [3.05, 3.63) is 52.9 Å². The zero-order valence-electron chi connectivity index (χ0n) is 10.1. The molecule has 0 bridgehead atoms. The van der Waals surface area contributed by atoms with Crippen molar-refractivity contribution in [1.29, 1.82) is 0 Å². The fourth-order valence-electron chi connectivity index (χ4n) is 1.70. The van der Waals surface area contributed by atoms with E-state index in [-0.39, 0.29) is 5.56 Å². The van der Waals surface area contributed by atoms with E-state index in [2.05, 4.69) is 0 Å². The Morgan fingerprint density at radius 3 is 2.50 bits per heavy atom. The van der Waals surface area contributed by atoms with E-state index in [9.17, 15) is 18.0 Å². The van der Waals surface area contributed by atoms with E-state index in [0.717, 1.165) is 17.4 Å². The third-order valence-electron chi connectivity index (χ3n) is 2.54. The minimum Gasteiger partial charge on any atom is -0.366 e. The molecule has 1 amide bonds. The van der Waals surface area contributed by atoms with Crippen molar-refractivity contribution in [2.75, 3.05) is 0 Å². The van der Waals surface area contributed by atoms with Gasteiger partial charge >= 0.3 is 6.18 Å². The average Bonchev–Trinajstić information content (AvgIpc) is 2.84. The Bertz CT molecular complexity index is 658. The van der Waals surface area contributed by atoms with Crippen LogP contribution in [0.4, 0.5) is 13.2 Å². The molecule has 2 rings (SSSR count). The number of thiophene rings is 1. The maximum Gasteiger partial charge on any atom is 0.417 e. The molecule has 0 atom stereocenters. The maximum absolute atomic E-state index is 12.9. The van der Waals surface area contributed by atoms with Crippen LogP contribution in [0.1, 0.15) is 10.4 Å². The van der Waals surface area contributed by atoms with Gasteiger partial charge in [0.1, 0.15) is 0 Å². The van der Waals surface area contributed by atoms with Gasteiger partial charge in [0.25, 0.3) is 0 Å². The van der Waals surface area contributed by atoms with E-state index in [1.807, 2.05) is 0 Å². The molecule has 2 nitrogen and oxygen atoms in total. The van der Waals surface area contributed by atoms with Crippen molar-refractivity contribution in [2.45, 2.75) is 6.18 Å². The zero-order valence-corrected chi connectivity index (χ0v) is 11.0. The molecule has 20 heavy (non-hydrogen) atoms. The van der Waals surface area contributed by atoms with E-state index in [1.54, 1.807) is 18.2 Å². The first-order valence-electron chi connectivity index (χ1n) is 5.62. The van der Waals surface area contributed by atoms with E-state index >= 15 is 0 Å². The molecule has 0 fully saturated rings. The molecule has 0 saturated carbocycles. The second-order valence-corrected chi connectivity index (χ2v) is 5.10. The number of primary amides is 1. The van der Waals surface area contributed by atoms with Gasteiger partial charge in [-0.1, -0.05) is 18.2 Å². The molecule has 6 heteroatoms. The fourth-order valence-corrected chi connectivity index (χ4v) is 2.65. The SMILES string of the molecule is NC(=O)/C=C/c1ccc(-c2ccccc2C(F)(F)F)s1. The van der Waals surface area contributed by atoms with Crippen LogP contribution in [0.2, 0.25) is 0 Å². The molecule has 1 aromatic carbocycles. The van der Waals surface area contributed by atoms with Crippen LogP contribution in [0.5, 0.6) is 0 Å². The van der Waals surface area contributed by atoms with Gasteiger partial charge in [-0.25, -0.2) is 0 Å². The molecule has 0 spiro atoms. The van der Waals surface area contributed by atoms with Crippen molar-refractivity contribution < 1.29 is 18.0 Å². The number of carbonyl (C=O) groups is 1. The third-order valence-corrected chi connectivity index (χ3v) is 3.62. The van der Waals surface area contributed by atoms with Gasteiger partial charge in [-0.2, -0.15) is 13.2 Å². The van der Waals surface area contributed by atoms with Crippen molar-refractivity contribution in [2.24, 2.45) is 5.73 Å². The van der Waals surface area contributed by atoms with Crippen LogP contribution < -0.4 is 5.73 Å². The van der Waals surface area contributed by atoms with Crippen LogP contribution in [0.15, 0.2) is 42.5 Å².